The van der Waals surface area contributed by atoms with Crippen molar-refractivity contribution in [2.24, 2.45) is 0 Å². The van der Waals surface area contributed by atoms with Crippen LogP contribution in [0.4, 0.5) is 0 Å². The smallest absolute Gasteiger partial charge is 0.176 e. The second-order valence-electron chi connectivity index (χ2n) is 6.50. The van der Waals surface area contributed by atoms with Gasteiger partial charge in [0.2, 0.25) is 0 Å². The summed E-state index contributed by atoms with van der Waals surface area (Å²) in [6.45, 7) is 3.30. The van der Waals surface area contributed by atoms with Gasteiger partial charge < -0.3 is 20.1 Å². The van der Waals surface area contributed by atoms with Crippen LogP contribution in [-0.4, -0.2) is 65.1 Å². The molecule has 8 heteroatoms. The van der Waals surface area contributed by atoms with Crippen LogP contribution in [0.3, 0.4) is 0 Å². The van der Waals surface area contributed by atoms with Crippen molar-refractivity contribution in [2.45, 2.75) is 18.9 Å². The molecule has 0 bridgehead atoms. The van der Waals surface area contributed by atoms with Gasteiger partial charge >= 0.3 is 0 Å². The number of carbonyl (C=O) groups is 1. The van der Waals surface area contributed by atoms with Gasteiger partial charge in [0.15, 0.2) is 27.1 Å². The molecule has 0 radical (unpaired) electrons. The fourth-order valence-corrected chi connectivity index (χ4v) is 5.04. The van der Waals surface area contributed by atoms with Crippen LogP contribution in [0.1, 0.15) is 23.7 Å². The summed E-state index contributed by atoms with van der Waals surface area (Å²) in [4.78, 5) is 12.2. The van der Waals surface area contributed by atoms with E-state index in [9.17, 15) is 13.2 Å². The maximum absolute atomic E-state index is 12.2. The molecule has 140 valence electrons. The lowest BCUT2D eigenvalue weighted by Gasteiger charge is -2.24. The molecule has 1 heterocycles. The molecule has 0 unspecified atom stereocenters. The molecule has 2 rings (SSSR count). The average Bonchev–Trinajstić information content (AvgIpc) is 2.87. The highest BCUT2D eigenvalue weighted by atomic mass is 32.2. The van der Waals surface area contributed by atoms with Crippen molar-refractivity contribution in [3.8, 4) is 11.5 Å². The van der Waals surface area contributed by atoms with E-state index in [4.69, 9.17) is 9.47 Å². The summed E-state index contributed by atoms with van der Waals surface area (Å²) in [6, 6.07) is 5.06. The highest BCUT2D eigenvalue weighted by Crippen LogP contribution is 2.27. The molecule has 0 saturated carbocycles. The van der Waals surface area contributed by atoms with E-state index in [1.54, 1.807) is 25.3 Å². The Morgan fingerprint density at radius 1 is 1.20 bits per heavy atom. The molecule has 1 aromatic carbocycles. The van der Waals surface area contributed by atoms with E-state index < -0.39 is 9.84 Å². The number of Topliss-reactive ketones (excluding diaryl/α,β-unsaturated/α-hetero) is 1. The van der Waals surface area contributed by atoms with E-state index in [1.807, 2.05) is 6.92 Å². The maximum Gasteiger partial charge on any atom is 0.176 e. The predicted octanol–water partition coefficient (Wildman–Crippen LogP) is 0.643. The number of rotatable bonds is 9. The number of ketones is 1. The number of benzene rings is 1. The molecule has 0 spiro atoms. The Labute approximate surface area is 149 Å². The lowest BCUT2D eigenvalue weighted by atomic mass is 10.0. The largest absolute Gasteiger partial charge is 0.493 e. The fraction of sp³-hybridized carbons (Fsp3) is 0.588. The Hall–Kier alpha value is -1.64. The zero-order valence-corrected chi connectivity index (χ0v) is 15.7. The molecule has 1 fully saturated rings. The fourth-order valence-electron chi connectivity index (χ4n) is 2.92. The molecule has 1 saturated heterocycles. The van der Waals surface area contributed by atoms with E-state index in [0.717, 1.165) is 0 Å². The molecule has 1 aromatic rings. The van der Waals surface area contributed by atoms with E-state index in [0.29, 0.717) is 36.6 Å². The number of sulfone groups is 1. The van der Waals surface area contributed by atoms with Crippen molar-refractivity contribution >= 4 is 15.6 Å². The number of hydrogen-bond acceptors (Lipinski definition) is 7. The second-order valence-corrected chi connectivity index (χ2v) is 8.68. The number of methoxy groups -OCH3 is 2. The van der Waals surface area contributed by atoms with E-state index in [-0.39, 0.29) is 29.4 Å². The van der Waals surface area contributed by atoms with Crippen molar-refractivity contribution in [3.05, 3.63) is 23.8 Å². The highest BCUT2D eigenvalue weighted by Gasteiger charge is 2.37. The summed E-state index contributed by atoms with van der Waals surface area (Å²) in [5.74, 6) is 1.46. The predicted molar refractivity (Wildman–Crippen MR) is 96.4 cm³/mol. The molecule has 0 amide bonds. The number of hydrogen-bond donors (Lipinski definition) is 2. The van der Waals surface area contributed by atoms with Gasteiger partial charge in [-0.3, -0.25) is 4.79 Å². The monoisotopic (exact) mass is 370 g/mol. The summed E-state index contributed by atoms with van der Waals surface area (Å²) < 4.78 is 33.5. The van der Waals surface area contributed by atoms with Crippen LogP contribution in [0.15, 0.2) is 18.2 Å². The first kappa shape index (κ1) is 19.7. The Balaban J connectivity index is 1.76. The quantitative estimate of drug-likeness (QED) is 0.487. The first-order chi connectivity index (χ1) is 11.8. The normalized spacial score (nSPS) is 21.9. The van der Waals surface area contributed by atoms with Gasteiger partial charge in [-0.05, 0) is 31.5 Å². The Morgan fingerprint density at radius 3 is 2.52 bits per heavy atom. The zero-order chi connectivity index (χ0) is 18.5. The lowest BCUT2D eigenvalue weighted by Crippen LogP contribution is -2.46. The minimum absolute atomic E-state index is 0.0457. The van der Waals surface area contributed by atoms with Crippen LogP contribution in [0.2, 0.25) is 0 Å². The van der Waals surface area contributed by atoms with Gasteiger partial charge in [0.1, 0.15) is 0 Å². The molecule has 0 aromatic heterocycles. The van der Waals surface area contributed by atoms with Gasteiger partial charge in [0, 0.05) is 24.2 Å². The molecule has 25 heavy (non-hydrogen) atoms. The van der Waals surface area contributed by atoms with Gasteiger partial charge in [0.25, 0.3) is 0 Å². The molecular formula is C17H26N2O5S. The summed E-state index contributed by atoms with van der Waals surface area (Å²) in [5.41, 5.74) is 0.181. The summed E-state index contributed by atoms with van der Waals surface area (Å²) in [6.07, 6.45) is 0.625. The SMILES string of the molecule is COc1ccc(C(=O)CNCCN[C@@]2(C)CCS(=O)(=O)C2)cc1OC. The van der Waals surface area contributed by atoms with E-state index >= 15 is 0 Å². The van der Waals surface area contributed by atoms with Crippen molar-refractivity contribution in [2.75, 3.05) is 45.4 Å². The molecule has 1 aliphatic heterocycles. The first-order valence-electron chi connectivity index (χ1n) is 8.20. The summed E-state index contributed by atoms with van der Waals surface area (Å²) in [7, 11) is 0.156. The van der Waals surface area contributed by atoms with Gasteiger partial charge in [-0.25, -0.2) is 8.42 Å². The van der Waals surface area contributed by atoms with Gasteiger partial charge in [-0.2, -0.15) is 0 Å². The lowest BCUT2D eigenvalue weighted by molar-refractivity contribution is 0.0991. The van der Waals surface area contributed by atoms with E-state index in [2.05, 4.69) is 10.6 Å². The summed E-state index contributed by atoms with van der Waals surface area (Å²) >= 11 is 0. The maximum atomic E-state index is 12.2. The third-order valence-electron chi connectivity index (χ3n) is 4.35. The molecule has 0 aliphatic carbocycles. The van der Waals surface area contributed by atoms with Crippen LogP contribution in [-0.2, 0) is 9.84 Å². The molecule has 2 N–H and O–H groups in total. The topological polar surface area (TPSA) is 93.7 Å². The van der Waals surface area contributed by atoms with Gasteiger partial charge in [0.05, 0.1) is 32.3 Å². The number of nitrogens with one attached hydrogen (secondary N) is 2. The van der Waals surface area contributed by atoms with Crippen molar-refractivity contribution in [3.63, 3.8) is 0 Å². The van der Waals surface area contributed by atoms with E-state index in [1.165, 1.54) is 7.11 Å². The second kappa shape index (κ2) is 8.16. The number of ether oxygens (including phenoxy) is 2. The average molecular weight is 370 g/mol. The summed E-state index contributed by atoms with van der Waals surface area (Å²) in [5, 5.41) is 6.35. The zero-order valence-electron chi connectivity index (χ0n) is 14.9. The van der Waals surface area contributed by atoms with Gasteiger partial charge in [-0.15, -0.1) is 0 Å². The third kappa shape index (κ3) is 5.42. The molecule has 1 aliphatic rings. The van der Waals surface area contributed by atoms with Crippen LogP contribution in [0, 0.1) is 0 Å². The minimum atomic E-state index is -2.92. The number of carbonyl (C=O) groups excluding carboxylic acids is 1. The van der Waals surface area contributed by atoms with Crippen molar-refractivity contribution in [1.82, 2.24) is 10.6 Å². The van der Waals surface area contributed by atoms with Crippen molar-refractivity contribution < 1.29 is 22.7 Å². The Kier molecular flexibility index (Phi) is 6.42. The molecular weight excluding hydrogens is 344 g/mol. The van der Waals surface area contributed by atoms with Gasteiger partial charge in [-0.1, -0.05) is 0 Å². The third-order valence-corrected chi connectivity index (χ3v) is 6.25. The van der Waals surface area contributed by atoms with Crippen LogP contribution in [0.5, 0.6) is 11.5 Å². The highest BCUT2D eigenvalue weighted by molar-refractivity contribution is 7.91. The Morgan fingerprint density at radius 2 is 1.92 bits per heavy atom. The molecule has 7 nitrogen and oxygen atoms in total. The van der Waals surface area contributed by atoms with Crippen LogP contribution in [0.25, 0.3) is 0 Å². The standard InChI is InChI=1S/C17H26N2O5S/c1-17(6-9-25(21,22)12-17)19-8-7-18-11-14(20)13-4-5-15(23-2)16(10-13)24-3/h4-5,10,18-19H,6-9,11-12H2,1-3H3/t17-/m0/s1. The first-order valence-corrected chi connectivity index (χ1v) is 10.0. The molecule has 1 atom stereocenters. The minimum Gasteiger partial charge on any atom is -0.493 e. The van der Waals surface area contributed by atoms with Crippen LogP contribution >= 0.6 is 0 Å². The van der Waals surface area contributed by atoms with Crippen molar-refractivity contribution in [1.29, 1.82) is 0 Å². The van der Waals surface area contributed by atoms with Crippen LogP contribution < -0.4 is 20.1 Å². The Bertz CT molecular complexity index is 720.